The molecule has 0 atom stereocenters. The fourth-order valence-corrected chi connectivity index (χ4v) is 0. The molecule has 30 valence electrons. The van der Waals surface area contributed by atoms with Crippen molar-refractivity contribution in [3.05, 3.63) is 10.2 Å². The fraction of sp³-hybridized carbons (Fsp3) is 0.500. The average molecular weight is 184 g/mol. The van der Waals surface area contributed by atoms with Crippen molar-refractivity contribution in [2.75, 3.05) is 0 Å². The molecule has 0 nitrogen and oxygen atoms in total. The average Bonchev–Trinajstić information content (AvgIpc) is 1.38. The Labute approximate surface area is 43.3 Å². The molecule has 0 heterocycles. The first-order valence-electron chi connectivity index (χ1n) is 1.47. The Morgan fingerprint density at radius 1 is 1.80 bits per heavy atom. The summed E-state index contributed by atoms with van der Waals surface area (Å²) >= 11 is 0.216. The molecule has 0 rings (SSSR count). The van der Waals surface area contributed by atoms with E-state index in [0.29, 0.717) is 0 Å². The van der Waals surface area contributed by atoms with Crippen molar-refractivity contribution in [3.8, 4) is 0 Å². The molecule has 0 unspecified atom stereocenters. The van der Waals surface area contributed by atoms with Gasteiger partial charge in [-0.2, -0.15) is 0 Å². The van der Waals surface area contributed by atoms with Gasteiger partial charge >= 0.3 is 43.0 Å². The van der Waals surface area contributed by atoms with Crippen LogP contribution in [0.15, 0.2) is 10.2 Å². The molecule has 0 aromatic carbocycles. The van der Waals surface area contributed by atoms with Crippen molar-refractivity contribution in [2.24, 2.45) is 0 Å². The molecule has 0 aliphatic rings. The van der Waals surface area contributed by atoms with Crippen LogP contribution < -0.4 is 0 Å². The molecule has 0 aromatic heterocycles. The van der Waals surface area contributed by atoms with Crippen LogP contribution in [0.5, 0.6) is 0 Å². The van der Waals surface area contributed by atoms with Crippen molar-refractivity contribution < 1.29 is 0 Å². The third-order valence-electron chi connectivity index (χ3n) is 0.348. The van der Waals surface area contributed by atoms with Crippen LogP contribution in [0.25, 0.3) is 0 Å². The van der Waals surface area contributed by atoms with E-state index in [1.807, 2.05) is 0 Å². The van der Waals surface area contributed by atoms with Crippen LogP contribution in [-0.4, -0.2) is 20.9 Å². The van der Waals surface area contributed by atoms with Gasteiger partial charge in [-0.25, -0.2) is 0 Å². The SMILES string of the molecule is C=C(C)[Te]C. The van der Waals surface area contributed by atoms with E-state index >= 15 is 0 Å². The van der Waals surface area contributed by atoms with Crippen molar-refractivity contribution in [2.45, 2.75) is 11.9 Å². The molecular weight excluding hydrogens is 176 g/mol. The standard InChI is InChI=1S/C4H8Te/c1-4(2)5-3/h1H2,2-3H3. The van der Waals surface area contributed by atoms with Gasteiger partial charge in [0.2, 0.25) is 0 Å². The molecule has 5 heavy (non-hydrogen) atoms. The fourth-order valence-electron chi connectivity index (χ4n) is 0. The van der Waals surface area contributed by atoms with Gasteiger partial charge in [-0.3, -0.25) is 0 Å². The molecule has 0 aliphatic heterocycles. The summed E-state index contributed by atoms with van der Waals surface area (Å²) in [7, 11) is 0. The van der Waals surface area contributed by atoms with Crippen molar-refractivity contribution in [3.63, 3.8) is 0 Å². The van der Waals surface area contributed by atoms with E-state index in [1.54, 1.807) is 0 Å². The van der Waals surface area contributed by atoms with E-state index in [4.69, 9.17) is 0 Å². The van der Waals surface area contributed by atoms with Gasteiger partial charge in [-0.1, -0.05) is 0 Å². The van der Waals surface area contributed by atoms with E-state index in [-0.39, 0.29) is 20.9 Å². The Balaban J connectivity index is 2.85. The zero-order valence-corrected chi connectivity index (χ0v) is 5.95. The van der Waals surface area contributed by atoms with Gasteiger partial charge < -0.3 is 0 Å². The van der Waals surface area contributed by atoms with Gasteiger partial charge in [0.15, 0.2) is 0 Å². The molecule has 0 fully saturated rings. The molecular formula is C4H8Te. The first-order chi connectivity index (χ1) is 2.27. The number of allylic oxidation sites excluding steroid dienone is 1. The second-order valence-electron chi connectivity index (χ2n) is 0.906. The van der Waals surface area contributed by atoms with Crippen LogP contribution in [0.4, 0.5) is 0 Å². The summed E-state index contributed by atoms with van der Waals surface area (Å²) in [6, 6.07) is 0. The van der Waals surface area contributed by atoms with E-state index in [2.05, 4.69) is 18.5 Å². The summed E-state index contributed by atoms with van der Waals surface area (Å²) in [5.74, 6) is 0. The molecule has 0 aromatic rings. The number of rotatable bonds is 1. The van der Waals surface area contributed by atoms with Crippen LogP contribution in [-0.2, 0) is 0 Å². The summed E-state index contributed by atoms with van der Waals surface area (Å²) in [4.78, 5) is 2.23. The van der Waals surface area contributed by atoms with Gasteiger partial charge in [0, 0.05) is 0 Å². The Morgan fingerprint density at radius 2 is 2.00 bits per heavy atom. The Kier molecular flexibility index (Phi) is 3.04. The number of hydrogen-bond acceptors (Lipinski definition) is 0. The first kappa shape index (κ1) is 5.53. The van der Waals surface area contributed by atoms with Crippen LogP contribution in [0.3, 0.4) is 0 Å². The maximum absolute atomic E-state index is 3.73. The minimum atomic E-state index is 0.216. The molecule has 0 spiro atoms. The normalized spacial score (nSPS) is 7.60. The Bertz CT molecular complexity index is 38.9. The molecule has 0 amide bonds. The zero-order chi connectivity index (χ0) is 4.28. The number of hydrogen-bond donors (Lipinski definition) is 0. The summed E-state index contributed by atoms with van der Waals surface area (Å²) < 4.78 is 1.38. The predicted molar refractivity (Wildman–Crippen MR) is 26.4 cm³/mol. The predicted octanol–water partition coefficient (Wildman–Crippen LogP) is 1.27. The van der Waals surface area contributed by atoms with Gasteiger partial charge in [0.05, 0.1) is 0 Å². The van der Waals surface area contributed by atoms with Crippen LogP contribution in [0, 0.1) is 0 Å². The van der Waals surface area contributed by atoms with Gasteiger partial charge in [0.1, 0.15) is 0 Å². The third-order valence-corrected chi connectivity index (χ3v) is 2.34. The molecule has 0 saturated heterocycles. The Hall–Kier alpha value is 0.530. The second-order valence-corrected chi connectivity index (χ2v) is 4.06. The van der Waals surface area contributed by atoms with Crippen molar-refractivity contribution >= 4 is 20.9 Å². The molecule has 0 bridgehead atoms. The van der Waals surface area contributed by atoms with Crippen LogP contribution in [0.1, 0.15) is 6.92 Å². The van der Waals surface area contributed by atoms with Crippen LogP contribution in [0.2, 0.25) is 4.97 Å². The Morgan fingerprint density at radius 3 is 2.00 bits per heavy atom. The van der Waals surface area contributed by atoms with Crippen molar-refractivity contribution in [1.82, 2.24) is 0 Å². The first-order valence-corrected chi connectivity index (χ1v) is 4.96. The molecule has 0 aliphatic carbocycles. The molecule has 0 saturated carbocycles. The van der Waals surface area contributed by atoms with Gasteiger partial charge in [0.25, 0.3) is 0 Å². The maximum atomic E-state index is 3.73. The quantitative estimate of drug-likeness (QED) is 0.538. The van der Waals surface area contributed by atoms with Gasteiger partial charge in [-0.15, -0.1) is 0 Å². The molecule has 1 heteroatoms. The second kappa shape index (κ2) is 2.75. The zero-order valence-electron chi connectivity index (χ0n) is 3.62. The summed E-state index contributed by atoms with van der Waals surface area (Å²) in [6.45, 7) is 5.82. The van der Waals surface area contributed by atoms with E-state index < -0.39 is 0 Å². The monoisotopic (exact) mass is 186 g/mol. The van der Waals surface area contributed by atoms with Crippen LogP contribution >= 0.6 is 0 Å². The molecule has 0 radical (unpaired) electrons. The summed E-state index contributed by atoms with van der Waals surface area (Å²) in [5, 5.41) is 0. The van der Waals surface area contributed by atoms with E-state index in [0.717, 1.165) is 0 Å². The summed E-state index contributed by atoms with van der Waals surface area (Å²) in [5.41, 5.74) is 0. The molecule has 0 N–H and O–H groups in total. The van der Waals surface area contributed by atoms with Crippen molar-refractivity contribution in [1.29, 1.82) is 0 Å². The summed E-state index contributed by atoms with van der Waals surface area (Å²) in [6.07, 6.45) is 0. The van der Waals surface area contributed by atoms with E-state index in [1.165, 1.54) is 3.62 Å². The topological polar surface area (TPSA) is 0 Å². The third kappa shape index (κ3) is 4.53. The minimum absolute atomic E-state index is 0.216. The van der Waals surface area contributed by atoms with Gasteiger partial charge in [-0.05, 0) is 0 Å². The van der Waals surface area contributed by atoms with E-state index in [9.17, 15) is 0 Å².